The fourth-order valence-corrected chi connectivity index (χ4v) is 2.59. The van der Waals surface area contributed by atoms with Crippen molar-refractivity contribution in [3.63, 3.8) is 0 Å². The maximum absolute atomic E-state index is 12.3. The molecule has 0 saturated heterocycles. The van der Waals surface area contributed by atoms with Crippen molar-refractivity contribution < 1.29 is 28.2 Å². The SMILES string of the molecule is Cc1c(C(=O)NCCCCCCC(=O)O)nnn1-c1ccc(OC(F)F)cc1. The first-order chi connectivity index (χ1) is 13.4. The number of aromatic nitrogens is 3. The van der Waals surface area contributed by atoms with Gasteiger partial charge in [0, 0.05) is 13.0 Å². The normalized spacial score (nSPS) is 10.9. The zero-order valence-electron chi connectivity index (χ0n) is 15.4. The van der Waals surface area contributed by atoms with E-state index in [0.29, 0.717) is 24.3 Å². The molecule has 0 aliphatic rings. The van der Waals surface area contributed by atoms with Crippen LogP contribution in [0.5, 0.6) is 5.75 Å². The molecule has 1 heterocycles. The maximum atomic E-state index is 12.3. The van der Waals surface area contributed by atoms with E-state index in [0.717, 1.165) is 19.3 Å². The molecule has 0 radical (unpaired) electrons. The molecule has 2 aromatic rings. The summed E-state index contributed by atoms with van der Waals surface area (Å²) >= 11 is 0. The highest BCUT2D eigenvalue weighted by Gasteiger charge is 2.17. The number of carboxylic acids is 1. The van der Waals surface area contributed by atoms with E-state index in [1.54, 1.807) is 6.92 Å². The molecule has 152 valence electrons. The van der Waals surface area contributed by atoms with Gasteiger partial charge in [0.1, 0.15) is 5.75 Å². The van der Waals surface area contributed by atoms with E-state index >= 15 is 0 Å². The third-order valence-corrected chi connectivity index (χ3v) is 4.02. The lowest BCUT2D eigenvalue weighted by atomic mass is 10.1. The summed E-state index contributed by atoms with van der Waals surface area (Å²) < 4.78 is 30.1. The Morgan fingerprint density at radius 3 is 2.50 bits per heavy atom. The summed E-state index contributed by atoms with van der Waals surface area (Å²) in [5.74, 6) is -1.13. The predicted octanol–water partition coefficient (Wildman–Crippen LogP) is 2.94. The number of nitrogens with one attached hydrogen (secondary N) is 1. The Bertz CT molecular complexity index is 793. The fourth-order valence-electron chi connectivity index (χ4n) is 2.59. The predicted molar refractivity (Wildman–Crippen MR) is 95.8 cm³/mol. The van der Waals surface area contributed by atoms with E-state index in [9.17, 15) is 18.4 Å². The van der Waals surface area contributed by atoms with E-state index in [2.05, 4.69) is 20.4 Å². The highest BCUT2D eigenvalue weighted by Crippen LogP contribution is 2.18. The zero-order valence-corrected chi connectivity index (χ0v) is 15.4. The Morgan fingerprint density at radius 1 is 1.18 bits per heavy atom. The monoisotopic (exact) mass is 396 g/mol. The number of carbonyl (C=O) groups is 2. The lowest BCUT2D eigenvalue weighted by Gasteiger charge is -2.07. The van der Waals surface area contributed by atoms with Crippen LogP contribution in [0.3, 0.4) is 0 Å². The maximum Gasteiger partial charge on any atom is 0.387 e. The molecule has 0 bridgehead atoms. The number of carboxylic acid groups (broad SMARTS) is 1. The second-order valence-corrected chi connectivity index (χ2v) is 6.12. The largest absolute Gasteiger partial charge is 0.481 e. The molecule has 1 amide bonds. The number of hydrogen-bond donors (Lipinski definition) is 2. The van der Waals surface area contributed by atoms with Gasteiger partial charge in [0.05, 0.1) is 11.4 Å². The van der Waals surface area contributed by atoms with Crippen LogP contribution in [0.1, 0.15) is 48.3 Å². The van der Waals surface area contributed by atoms with Crippen LogP contribution in [0.25, 0.3) is 5.69 Å². The molecule has 28 heavy (non-hydrogen) atoms. The van der Waals surface area contributed by atoms with Gasteiger partial charge in [0.25, 0.3) is 5.91 Å². The number of halogens is 2. The number of carbonyl (C=O) groups excluding carboxylic acids is 1. The van der Waals surface area contributed by atoms with Gasteiger partial charge in [-0.15, -0.1) is 5.10 Å². The highest BCUT2D eigenvalue weighted by atomic mass is 19.3. The summed E-state index contributed by atoms with van der Waals surface area (Å²) in [7, 11) is 0. The molecule has 0 atom stereocenters. The quantitative estimate of drug-likeness (QED) is 0.566. The number of aliphatic carboxylic acids is 1. The molecule has 0 spiro atoms. The van der Waals surface area contributed by atoms with Crippen molar-refractivity contribution in [2.45, 2.75) is 45.6 Å². The molecule has 1 aromatic heterocycles. The van der Waals surface area contributed by atoms with Crippen LogP contribution in [0, 0.1) is 6.92 Å². The molecule has 2 rings (SSSR count). The fraction of sp³-hybridized carbons (Fsp3) is 0.444. The van der Waals surface area contributed by atoms with Crippen LogP contribution in [-0.2, 0) is 4.79 Å². The minimum absolute atomic E-state index is 0.0258. The molecule has 0 aliphatic carbocycles. The molecule has 2 N–H and O–H groups in total. The summed E-state index contributed by atoms with van der Waals surface area (Å²) in [4.78, 5) is 22.7. The topological polar surface area (TPSA) is 106 Å². The summed E-state index contributed by atoms with van der Waals surface area (Å²) in [6.07, 6.45) is 3.14. The van der Waals surface area contributed by atoms with Gasteiger partial charge in [-0.3, -0.25) is 9.59 Å². The van der Waals surface area contributed by atoms with Gasteiger partial charge in [0.15, 0.2) is 5.69 Å². The van der Waals surface area contributed by atoms with Crippen molar-refractivity contribution >= 4 is 11.9 Å². The van der Waals surface area contributed by atoms with E-state index in [1.807, 2.05) is 0 Å². The van der Waals surface area contributed by atoms with Gasteiger partial charge in [0.2, 0.25) is 0 Å². The van der Waals surface area contributed by atoms with Gasteiger partial charge in [-0.25, -0.2) is 4.68 Å². The number of rotatable bonds is 11. The smallest absolute Gasteiger partial charge is 0.387 e. The zero-order chi connectivity index (χ0) is 20.5. The Labute approximate surface area is 160 Å². The molecule has 10 heteroatoms. The molecule has 0 fully saturated rings. The van der Waals surface area contributed by atoms with Crippen molar-refractivity contribution in [3.8, 4) is 11.4 Å². The Morgan fingerprint density at radius 2 is 1.86 bits per heavy atom. The van der Waals surface area contributed by atoms with Gasteiger partial charge in [-0.1, -0.05) is 18.1 Å². The summed E-state index contributed by atoms with van der Waals surface area (Å²) in [6.45, 7) is -0.756. The molecular formula is C18H22F2N4O4. The summed E-state index contributed by atoms with van der Waals surface area (Å²) in [6, 6.07) is 5.84. The average Bonchev–Trinajstić information content (AvgIpc) is 3.02. The van der Waals surface area contributed by atoms with Crippen molar-refractivity contribution in [2.24, 2.45) is 0 Å². The summed E-state index contributed by atoms with van der Waals surface area (Å²) in [5, 5.41) is 19.2. The van der Waals surface area contributed by atoms with Crippen molar-refractivity contribution in [3.05, 3.63) is 35.7 Å². The molecule has 1 aromatic carbocycles. The lowest BCUT2D eigenvalue weighted by Crippen LogP contribution is -2.25. The lowest BCUT2D eigenvalue weighted by molar-refractivity contribution is -0.137. The number of alkyl halides is 2. The van der Waals surface area contributed by atoms with Crippen LogP contribution in [0.4, 0.5) is 8.78 Å². The van der Waals surface area contributed by atoms with Crippen molar-refractivity contribution in [1.29, 1.82) is 0 Å². The van der Waals surface area contributed by atoms with Gasteiger partial charge in [-0.05, 0) is 44.0 Å². The number of nitrogens with zero attached hydrogens (tertiary/aromatic N) is 3. The van der Waals surface area contributed by atoms with Crippen LogP contribution in [-0.4, -0.2) is 45.1 Å². The van der Waals surface area contributed by atoms with Gasteiger partial charge in [-0.2, -0.15) is 8.78 Å². The standard InChI is InChI=1S/C18H22F2N4O4/c1-12-16(17(27)21-11-5-3-2-4-6-15(25)26)22-23-24(12)13-7-9-14(10-8-13)28-18(19)20/h7-10,18H,2-6,11H2,1H3,(H,21,27)(H,25,26). The van der Waals surface area contributed by atoms with E-state index in [-0.39, 0.29) is 23.8 Å². The minimum atomic E-state index is -2.90. The highest BCUT2D eigenvalue weighted by molar-refractivity contribution is 5.93. The number of hydrogen-bond acceptors (Lipinski definition) is 5. The van der Waals surface area contributed by atoms with E-state index in [4.69, 9.17) is 5.11 Å². The third-order valence-electron chi connectivity index (χ3n) is 4.02. The first kappa shape index (κ1) is 21.3. The number of unbranched alkanes of at least 4 members (excludes halogenated alkanes) is 3. The van der Waals surface area contributed by atoms with Crippen LogP contribution in [0.15, 0.2) is 24.3 Å². The molecule has 0 aliphatic heterocycles. The number of benzene rings is 1. The number of ether oxygens (including phenoxy) is 1. The third kappa shape index (κ3) is 6.29. The van der Waals surface area contributed by atoms with Crippen molar-refractivity contribution in [2.75, 3.05) is 6.54 Å². The van der Waals surface area contributed by atoms with Gasteiger partial charge >= 0.3 is 12.6 Å². The number of amides is 1. The van der Waals surface area contributed by atoms with Crippen LogP contribution >= 0.6 is 0 Å². The van der Waals surface area contributed by atoms with Crippen LogP contribution < -0.4 is 10.1 Å². The summed E-state index contributed by atoms with van der Waals surface area (Å²) in [5.41, 5.74) is 1.25. The molecular weight excluding hydrogens is 374 g/mol. The molecule has 8 nitrogen and oxygen atoms in total. The van der Waals surface area contributed by atoms with Crippen molar-refractivity contribution in [1.82, 2.24) is 20.3 Å². The Kier molecular flexibility index (Phi) is 7.85. The second-order valence-electron chi connectivity index (χ2n) is 6.12. The van der Waals surface area contributed by atoms with Crippen LogP contribution in [0.2, 0.25) is 0 Å². The first-order valence-corrected chi connectivity index (χ1v) is 8.86. The second kappa shape index (κ2) is 10.3. The van der Waals surface area contributed by atoms with E-state index < -0.39 is 12.6 Å². The minimum Gasteiger partial charge on any atom is -0.481 e. The van der Waals surface area contributed by atoms with Gasteiger partial charge < -0.3 is 15.2 Å². The van der Waals surface area contributed by atoms with E-state index in [1.165, 1.54) is 28.9 Å². The first-order valence-electron chi connectivity index (χ1n) is 8.86. The molecule has 0 unspecified atom stereocenters. The Balaban J connectivity index is 1.86. The Hall–Kier alpha value is -3.04. The average molecular weight is 396 g/mol. The molecule has 0 saturated carbocycles.